The molecule has 2 aromatic carbocycles. The molecule has 4 rings (SSSR count). The van der Waals surface area contributed by atoms with Crippen LogP contribution in [0.1, 0.15) is 37.5 Å². The maximum Gasteiger partial charge on any atom is 0.238 e. The van der Waals surface area contributed by atoms with Gasteiger partial charge in [0.1, 0.15) is 5.41 Å². The van der Waals surface area contributed by atoms with E-state index in [1.807, 2.05) is 56.3 Å². The molecule has 1 unspecified atom stereocenters. The molecule has 1 amide bonds. The lowest BCUT2D eigenvalue weighted by molar-refractivity contribution is -0.127. The number of hydrogen-bond acceptors (Lipinski definition) is 2. The quantitative estimate of drug-likeness (QED) is 0.868. The normalized spacial score (nSPS) is 28.6. The van der Waals surface area contributed by atoms with Gasteiger partial charge < -0.3 is 10.1 Å². The summed E-state index contributed by atoms with van der Waals surface area (Å²) in [6.07, 6.45) is 0.612. The maximum atomic E-state index is 12.9. The number of carbonyl (C=O) groups excluding carboxylic acids is 1. The van der Waals surface area contributed by atoms with E-state index < -0.39 is 11.0 Å². The van der Waals surface area contributed by atoms with Gasteiger partial charge in [-0.3, -0.25) is 4.79 Å². The minimum Gasteiger partial charge on any atom is -0.366 e. The van der Waals surface area contributed by atoms with Crippen molar-refractivity contribution >= 4 is 11.6 Å². The highest BCUT2D eigenvalue weighted by atomic mass is 16.5. The predicted octanol–water partition coefficient (Wildman–Crippen LogP) is 3.82. The molecule has 2 aromatic rings. The zero-order valence-electron chi connectivity index (χ0n) is 12.8. The van der Waals surface area contributed by atoms with Gasteiger partial charge in [-0.25, -0.2) is 0 Å². The maximum absolute atomic E-state index is 12.9. The Morgan fingerprint density at radius 1 is 1.05 bits per heavy atom. The lowest BCUT2D eigenvalue weighted by Gasteiger charge is -2.34. The van der Waals surface area contributed by atoms with Crippen molar-refractivity contribution in [2.24, 2.45) is 0 Å². The number of rotatable bonds is 1. The molecule has 1 saturated heterocycles. The third kappa shape index (κ3) is 1.63. The summed E-state index contributed by atoms with van der Waals surface area (Å²) in [6, 6.07) is 18.1. The number of ether oxygens (including phenoxy) is 1. The molecule has 1 fully saturated rings. The van der Waals surface area contributed by atoms with Gasteiger partial charge in [0.05, 0.1) is 11.7 Å². The standard InChI is InChI=1S/C19H19NO2/c1-18(2)19(12-16(22-18)13-8-4-3-5-9-13)14-10-6-7-11-15(14)20-17(19)21/h3-11,16H,12H2,1-2H3,(H,20,21)/t16-,19?/m1/s1. The second kappa shape index (κ2) is 4.43. The Bertz CT molecular complexity index is 738. The summed E-state index contributed by atoms with van der Waals surface area (Å²) in [5.74, 6) is 0.0529. The SMILES string of the molecule is CC1(C)O[C@@H](c2ccccc2)CC12C(=O)Nc1ccccc12. The fraction of sp³-hybridized carbons (Fsp3) is 0.316. The highest BCUT2D eigenvalue weighted by Crippen LogP contribution is 2.57. The summed E-state index contributed by atoms with van der Waals surface area (Å²) < 4.78 is 6.34. The van der Waals surface area contributed by atoms with Crippen LogP contribution in [0.4, 0.5) is 5.69 Å². The van der Waals surface area contributed by atoms with Crippen molar-refractivity contribution in [3.8, 4) is 0 Å². The topological polar surface area (TPSA) is 38.3 Å². The van der Waals surface area contributed by atoms with E-state index in [0.717, 1.165) is 16.8 Å². The molecule has 0 saturated carbocycles. The first-order chi connectivity index (χ1) is 10.5. The molecule has 3 heteroatoms. The Labute approximate surface area is 130 Å². The molecule has 2 aliphatic heterocycles. The van der Waals surface area contributed by atoms with Crippen molar-refractivity contribution in [1.82, 2.24) is 0 Å². The largest absolute Gasteiger partial charge is 0.366 e. The number of hydrogen-bond donors (Lipinski definition) is 1. The summed E-state index contributed by atoms with van der Waals surface area (Å²) in [5, 5.41) is 3.04. The number of para-hydroxylation sites is 1. The summed E-state index contributed by atoms with van der Waals surface area (Å²) in [4.78, 5) is 12.9. The van der Waals surface area contributed by atoms with Crippen molar-refractivity contribution in [3.63, 3.8) is 0 Å². The van der Waals surface area contributed by atoms with Crippen molar-refractivity contribution in [2.75, 3.05) is 5.32 Å². The molecule has 1 spiro atoms. The number of carbonyl (C=O) groups is 1. The minimum atomic E-state index is -0.621. The number of nitrogens with one attached hydrogen (secondary N) is 1. The van der Waals surface area contributed by atoms with E-state index in [9.17, 15) is 4.79 Å². The second-order valence-corrected chi connectivity index (χ2v) is 6.64. The number of fused-ring (bicyclic) bond motifs is 2. The van der Waals surface area contributed by atoms with Crippen molar-refractivity contribution < 1.29 is 9.53 Å². The summed E-state index contributed by atoms with van der Waals surface area (Å²) in [7, 11) is 0. The van der Waals surface area contributed by atoms with Gasteiger partial charge in [0.2, 0.25) is 5.91 Å². The molecule has 112 valence electrons. The number of amides is 1. The zero-order chi connectivity index (χ0) is 15.4. The Morgan fingerprint density at radius 2 is 1.73 bits per heavy atom. The molecular formula is C19H19NO2. The van der Waals surface area contributed by atoms with Crippen LogP contribution in [0.15, 0.2) is 54.6 Å². The van der Waals surface area contributed by atoms with Gasteiger partial charge >= 0.3 is 0 Å². The first kappa shape index (κ1) is 13.5. The number of benzene rings is 2. The van der Waals surface area contributed by atoms with E-state index in [0.29, 0.717) is 6.42 Å². The zero-order valence-corrected chi connectivity index (χ0v) is 12.8. The fourth-order valence-corrected chi connectivity index (χ4v) is 3.99. The van der Waals surface area contributed by atoms with Crippen LogP contribution in [0.25, 0.3) is 0 Å². The third-order valence-corrected chi connectivity index (χ3v) is 5.15. The van der Waals surface area contributed by atoms with Gasteiger partial charge in [-0.15, -0.1) is 0 Å². The van der Waals surface area contributed by atoms with E-state index in [1.54, 1.807) is 0 Å². The summed E-state index contributed by atoms with van der Waals surface area (Å²) in [5.41, 5.74) is 1.93. The van der Waals surface area contributed by atoms with Gasteiger partial charge in [0.15, 0.2) is 0 Å². The van der Waals surface area contributed by atoms with E-state index >= 15 is 0 Å². The molecule has 2 heterocycles. The molecular weight excluding hydrogens is 274 g/mol. The lowest BCUT2D eigenvalue weighted by Crippen LogP contribution is -2.48. The fourth-order valence-electron chi connectivity index (χ4n) is 3.99. The molecule has 2 aliphatic rings. The van der Waals surface area contributed by atoms with E-state index in [4.69, 9.17) is 4.74 Å². The summed E-state index contributed by atoms with van der Waals surface area (Å²) >= 11 is 0. The van der Waals surface area contributed by atoms with Gasteiger partial charge in [-0.05, 0) is 37.5 Å². The lowest BCUT2D eigenvalue weighted by atomic mass is 9.68. The molecule has 0 aliphatic carbocycles. The Hall–Kier alpha value is -2.13. The second-order valence-electron chi connectivity index (χ2n) is 6.64. The van der Waals surface area contributed by atoms with E-state index in [2.05, 4.69) is 17.4 Å². The molecule has 0 radical (unpaired) electrons. The highest BCUT2D eigenvalue weighted by molar-refractivity contribution is 6.07. The van der Waals surface area contributed by atoms with Gasteiger partial charge in [-0.2, -0.15) is 0 Å². The van der Waals surface area contributed by atoms with Crippen molar-refractivity contribution in [2.45, 2.75) is 37.4 Å². The smallest absolute Gasteiger partial charge is 0.238 e. The molecule has 1 N–H and O–H groups in total. The minimum absolute atomic E-state index is 0.0529. The van der Waals surface area contributed by atoms with Crippen molar-refractivity contribution in [1.29, 1.82) is 0 Å². The van der Waals surface area contributed by atoms with Crippen LogP contribution >= 0.6 is 0 Å². The third-order valence-electron chi connectivity index (χ3n) is 5.15. The van der Waals surface area contributed by atoms with Gasteiger partial charge in [0, 0.05) is 5.69 Å². The van der Waals surface area contributed by atoms with Crippen LogP contribution in [0.3, 0.4) is 0 Å². The molecule has 3 nitrogen and oxygen atoms in total. The van der Waals surface area contributed by atoms with Crippen LogP contribution in [0.5, 0.6) is 0 Å². The molecule has 22 heavy (non-hydrogen) atoms. The van der Waals surface area contributed by atoms with Crippen LogP contribution in [-0.4, -0.2) is 11.5 Å². The van der Waals surface area contributed by atoms with Gasteiger partial charge in [0.25, 0.3) is 0 Å². The first-order valence-corrected chi connectivity index (χ1v) is 7.68. The van der Waals surface area contributed by atoms with E-state index in [1.165, 1.54) is 0 Å². The Kier molecular flexibility index (Phi) is 2.73. The Balaban J connectivity index is 1.84. The highest BCUT2D eigenvalue weighted by Gasteiger charge is 2.63. The monoisotopic (exact) mass is 293 g/mol. The van der Waals surface area contributed by atoms with Gasteiger partial charge in [-0.1, -0.05) is 48.5 Å². The van der Waals surface area contributed by atoms with Crippen molar-refractivity contribution in [3.05, 3.63) is 65.7 Å². The predicted molar refractivity (Wildman–Crippen MR) is 85.7 cm³/mol. The van der Waals surface area contributed by atoms with Crippen LogP contribution in [0.2, 0.25) is 0 Å². The average molecular weight is 293 g/mol. The molecule has 2 atom stereocenters. The molecule has 0 bridgehead atoms. The van der Waals surface area contributed by atoms with Crippen LogP contribution in [-0.2, 0) is 14.9 Å². The summed E-state index contributed by atoms with van der Waals surface area (Å²) in [6.45, 7) is 4.05. The first-order valence-electron chi connectivity index (χ1n) is 7.68. The van der Waals surface area contributed by atoms with Crippen LogP contribution < -0.4 is 5.32 Å². The molecule has 0 aromatic heterocycles. The van der Waals surface area contributed by atoms with E-state index in [-0.39, 0.29) is 12.0 Å². The van der Waals surface area contributed by atoms with Crippen LogP contribution in [0, 0.1) is 0 Å². The average Bonchev–Trinajstić information content (AvgIpc) is 2.97. The Morgan fingerprint density at radius 3 is 2.50 bits per heavy atom. The number of anilines is 1.